The van der Waals surface area contributed by atoms with Gasteiger partial charge in [-0.2, -0.15) is 0 Å². The maximum Gasteiger partial charge on any atom is 0.227 e. The Morgan fingerprint density at radius 3 is 2.78 bits per heavy atom. The van der Waals surface area contributed by atoms with Crippen molar-refractivity contribution < 1.29 is 18.8 Å². The van der Waals surface area contributed by atoms with Crippen molar-refractivity contribution in [2.75, 3.05) is 13.1 Å². The number of amides is 1. The van der Waals surface area contributed by atoms with E-state index < -0.39 is 6.10 Å². The number of carbonyl (C=O) groups is 1. The smallest absolute Gasteiger partial charge is 0.227 e. The van der Waals surface area contributed by atoms with Gasteiger partial charge in [-0.05, 0) is 24.6 Å². The minimum atomic E-state index is -0.572. The fourth-order valence-corrected chi connectivity index (χ4v) is 2.92. The Bertz CT molecular complexity index is 683. The minimum absolute atomic E-state index is 0.0560. The summed E-state index contributed by atoms with van der Waals surface area (Å²) in [6.45, 7) is 2.65. The van der Waals surface area contributed by atoms with E-state index in [-0.39, 0.29) is 24.1 Å². The number of aliphatic hydroxyl groups excluding tert-OH is 1. The SMILES string of the molecule is Cc1cc(CC2CN(C(=O)Cc3ccc(F)cc3)CC2O)on1. The molecule has 2 aromatic rings. The van der Waals surface area contributed by atoms with Gasteiger partial charge in [0, 0.05) is 31.5 Å². The zero-order valence-corrected chi connectivity index (χ0v) is 12.9. The lowest BCUT2D eigenvalue weighted by atomic mass is 10.0. The van der Waals surface area contributed by atoms with Gasteiger partial charge in [-0.15, -0.1) is 0 Å². The first-order chi connectivity index (χ1) is 11.0. The van der Waals surface area contributed by atoms with E-state index in [1.165, 1.54) is 12.1 Å². The molecule has 2 heterocycles. The Morgan fingerprint density at radius 2 is 2.13 bits per heavy atom. The molecule has 1 aliphatic heterocycles. The molecule has 1 fully saturated rings. The lowest BCUT2D eigenvalue weighted by Gasteiger charge is -2.16. The van der Waals surface area contributed by atoms with Gasteiger partial charge in [0.25, 0.3) is 0 Å². The first-order valence-electron chi connectivity index (χ1n) is 7.64. The summed E-state index contributed by atoms with van der Waals surface area (Å²) in [7, 11) is 0. The second kappa shape index (κ2) is 6.50. The van der Waals surface area contributed by atoms with Crippen LogP contribution < -0.4 is 0 Å². The van der Waals surface area contributed by atoms with E-state index in [2.05, 4.69) is 5.16 Å². The zero-order chi connectivity index (χ0) is 16.4. The van der Waals surface area contributed by atoms with Gasteiger partial charge in [0.1, 0.15) is 11.6 Å². The normalized spacial score (nSPS) is 20.9. The third kappa shape index (κ3) is 3.76. The average Bonchev–Trinajstić information content (AvgIpc) is 3.08. The number of aryl methyl sites for hydroxylation is 1. The van der Waals surface area contributed by atoms with Crippen LogP contribution in [0, 0.1) is 18.7 Å². The fourth-order valence-electron chi connectivity index (χ4n) is 2.92. The molecule has 5 nitrogen and oxygen atoms in total. The minimum Gasteiger partial charge on any atom is -0.391 e. The van der Waals surface area contributed by atoms with Gasteiger partial charge in [0.05, 0.1) is 18.2 Å². The number of aromatic nitrogens is 1. The Kier molecular flexibility index (Phi) is 4.43. The Morgan fingerprint density at radius 1 is 1.39 bits per heavy atom. The van der Waals surface area contributed by atoms with Gasteiger partial charge in [-0.25, -0.2) is 4.39 Å². The molecule has 6 heteroatoms. The number of aliphatic hydroxyl groups is 1. The summed E-state index contributed by atoms with van der Waals surface area (Å²) < 4.78 is 18.1. The molecule has 0 spiro atoms. The van der Waals surface area contributed by atoms with Crippen LogP contribution in [0.25, 0.3) is 0 Å². The van der Waals surface area contributed by atoms with Gasteiger partial charge >= 0.3 is 0 Å². The van der Waals surface area contributed by atoms with Gasteiger partial charge in [-0.1, -0.05) is 17.3 Å². The topological polar surface area (TPSA) is 66.6 Å². The molecular weight excluding hydrogens is 299 g/mol. The molecule has 0 saturated carbocycles. The van der Waals surface area contributed by atoms with Crippen LogP contribution in [0.3, 0.4) is 0 Å². The van der Waals surface area contributed by atoms with Crippen LogP contribution in [0.2, 0.25) is 0 Å². The summed E-state index contributed by atoms with van der Waals surface area (Å²) in [6.07, 6.45) is 0.196. The largest absolute Gasteiger partial charge is 0.391 e. The lowest BCUT2D eigenvalue weighted by Crippen LogP contribution is -2.31. The van der Waals surface area contributed by atoms with E-state index in [0.717, 1.165) is 17.0 Å². The van der Waals surface area contributed by atoms with Crippen LogP contribution in [0.5, 0.6) is 0 Å². The van der Waals surface area contributed by atoms with E-state index in [1.807, 2.05) is 13.0 Å². The van der Waals surface area contributed by atoms with Crippen LogP contribution >= 0.6 is 0 Å². The molecule has 1 saturated heterocycles. The molecule has 1 aromatic heterocycles. The first kappa shape index (κ1) is 15.7. The van der Waals surface area contributed by atoms with Crippen molar-refractivity contribution in [3.05, 3.63) is 53.2 Å². The number of halogens is 1. The van der Waals surface area contributed by atoms with Crippen LogP contribution in [-0.4, -0.2) is 40.3 Å². The summed E-state index contributed by atoms with van der Waals surface area (Å²) in [4.78, 5) is 14.0. The summed E-state index contributed by atoms with van der Waals surface area (Å²) in [5.74, 6) is 0.283. The van der Waals surface area contributed by atoms with Gasteiger partial charge < -0.3 is 14.5 Å². The highest BCUT2D eigenvalue weighted by atomic mass is 19.1. The van der Waals surface area contributed by atoms with Crippen LogP contribution in [0.1, 0.15) is 17.0 Å². The second-order valence-corrected chi connectivity index (χ2v) is 6.07. The van der Waals surface area contributed by atoms with Crippen molar-refractivity contribution in [3.63, 3.8) is 0 Å². The monoisotopic (exact) mass is 318 g/mol. The third-order valence-electron chi connectivity index (χ3n) is 4.17. The molecule has 2 atom stereocenters. The molecule has 1 amide bonds. The number of likely N-dealkylation sites (tertiary alicyclic amines) is 1. The lowest BCUT2D eigenvalue weighted by molar-refractivity contribution is -0.129. The predicted molar refractivity (Wildman–Crippen MR) is 81.1 cm³/mol. The van der Waals surface area contributed by atoms with Crippen molar-refractivity contribution in [2.45, 2.75) is 25.9 Å². The molecule has 0 aliphatic carbocycles. The summed E-state index contributed by atoms with van der Waals surface area (Å²) in [5.41, 5.74) is 1.57. The van der Waals surface area contributed by atoms with Crippen molar-refractivity contribution in [3.8, 4) is 0 Å². The summed E-state index contributed by atoms with van der Waals surface area (Å²) >= 11 is 0. The molecule has 1 aliphatic rings. The molecule has 0 radical (unpaired) electrons. The Hall–Kier alpha value is -2.21. The van der Waals surface area contributed by atoms with Crippen molar-refractivity contribution in [1.82, 2.24) is 10.1 Å². The van der Waals surface area contributed by atoms with E-state index >= 15 is 0 Å². The number of hydrogen-bond acceptors (Lipinski definition) is 4. The standard InChI is InChI=1S/C17H19FN2O3/c1-11-6-15(23-19-11)8-13-9-20(10-16(13)21)17(22)7-12-2-4-14(18)5-3-12/h2-6,13,16,21H,7-10H2,1H3. The van der Waals surface area contributed by atoms with Crippen molar-refractivity contribution in [1.29, 1.82) is 0 Å². The maximum atomic E-state index is 12.9. The number of hydrogen-bond donors (Lipinski definition) is 1. The van der Waals surface area contributed by atoms with Gasteiger partial charge in [0.2, 0.25) is 5.91 Å². The molecule has 122 valence electrons. The Labute approximate surface area is 133 Å². The molecular formula is C17H19FN2O3. The molecule has 1 N–H and O–H groups in total. The molecule has 23 heavy (non-hydrogen) atoms. The van der Waals surface area contributed by atoms with E-state index in [4.69, 9.17) is 4.52 Å². The first-order valence-corrected chi connectivity index (χ1v) is 7.64. The van der Waals surface area contributed by atoms with E-state index in [1.54, 1.807) is 17.0 Å². The number of β-amino-alcohol motifs (C(OH)–C–C–N with tert-alkyl or cyclic N) is 1. The van der Waals surface area contributed by atoms with Gasteiger partial charge in [0.15, 0.2) is 0 Å². The molecule has 0 bridgehead atoms. The number of benzene rings is 1. The van der Waals surface area contributed by atoms with Crippen molar-refractivity contribution in [2.24, 2.45) is 5.92 Å². The summed E-state index contributed by atoms with van der Waals surface area (Å²) in [6, 6.07) is 7.74. The van der Waals surface area contributed by atoms with Crippen molar-refractivity contribution >= 4 is 5.91 Å². The van der Waals surface area contributed by atoms with Crippen LogP contribution in [0.15, 0.2) is 34.9 Å². The number of rotatable bonds is 4. The quantitative estimate of drug-likeness (QED) is 0.932. The Balaban J connectivity index is 1.58. The predicted octanol–water partition coefficient (Wildman–Crippen LogP) is 1.73. The fraction of sp³-hybridized carbons (Fsp3) is 0.412. The van der Waals surface area contributed by atoms with E-state index in [9.17, 15) is 14.3 Å². The molecule has 1 aromatic carbocycles. The molecule has 3 rings (SSSR count). The highest BCUT2D eigenvalue weighted by molar-refractivity contribution is 5.79. The number of nitrogens with zero attached hydrogens (tertiary/aromatic N) is 2. The van der Waals surface area contributed by atoms with Crippen LogP contribution in [0.4, 0.5) is 4.39 Å². The zero-order valence-electron chi connectivity index (χ0n) is 12.9. The highest BCUT2D eigenvalue weighted by Crippen LogP contribution is 2.22. The second-order valence-electron chi connectivity index (χ2n) is 6.07. The van der Waals surface area contributed by atoms with E-state index in [0.29, 0.717) is 19.5 Å². The summed E-state index contributed by atoms with van der Waals surface area (Å²) in [5, 5.41) is 14.0. The average molecular weight is 318 g/mol. The van der Waals surface area contributed by atoms with Crippen LogP contribution in [-0.2, 0) is 17.6 Å². The third-order valence-corrected chi connectivity index (χ3v) is 4.17. The molecule has 2 unspecified atom stereocenters. The maximum absolute atomic E-state index is 12.9. The van der Waals surface area contributed by atoms with Gasteiger partial charge in [-0.3, -0.25) is 4.79 Å². The number of carbonyl (C=O) groups excluding carboxylic acids is 1. The highest BCUT2D eigenvalue weighted by Gasteiger charge is 2.34.